The van der Waals surface area contributed by atoms with Gasteiger partial charge in [0.25, 0.3) is 0 Å². The third-order valence-corrected chi connectivity index (χ3v) is 6.63. The van der Waals surface area contributed by atoms with Crippen molar-refractivity contribution >= 4 is 46.2 Å². The quantitative estimate of drug-likeness (QED) is 0.119. The third-order valence-electron chi connectivity index (χ3n) is 6.63. The highest BCUT2D eigenvalue weighted by Crippen LogP contribution is 2.22. The number of aliphatic imine (C=N–C) groups is 4. The van der Waals surface area contributed by atoms with Crippen LogP contribution in [0.1, 0.15) is 22.3 Å². The van der Waals surface area contributed by atoms with E-state index in [1.165, 1.54) is 0 Å². The molecule has 2 heterocycles. The number of nitrogens with zero attached hydrogens (tertiary/aromatic N) is 6. The Kier molecular flexibility index (Phi) is 7.76. The molecule has 0 fully saturated rings. The zero-order valence-electron chi connectivity index (χ0n) is 22.6. The molecule has 208 valence electrons. The number of azo groups is 1. The summed E-state index contributed by atoms with van der Waals surface area (Å²) in [5.74, 6) is 1.59. The SMILES string of the molecule is OC(=Nc1ccc(C2=NCCN2)cc1)c1ccc(N=Nc2ccc(C(O)=Nc3ccc(C4=NCCN4)cc3)cc2)cc1. The summed E-state index contributed by atoms with van der Waals surface area (Å²) in [4.78, 5) is 17.4. The molecule has 2 aliphatic rings. The topological polar surface area (TPSA) is 139 Å². The average Bonchev–Trinajstić information content (AvgIpc) is 3.77. The molecule has 0 bridgehead atoms. The molecule has 6 rings (SSSR count). The molecule has 10 heteroatoms. The second-order valence-electron chi connectivity index (χ2n) is 9.57. The highest BCUT2D eigenvalue weighted by Gasteiger charge is 2.09. The summed E-state index contributed by atoms with van der Waals surface area (Å²) in [5.41, 5.74) is 5.65. The Hall–Kier alpha value is -5.64. The summed E-state index contributed by atoms with van der Waals surface area (Å²) in [6.45, 7) is 3.26. The fourth-order valence-corrected chi connectivity index (χ4v) is 4.41. The van der Waals surface area contributed by atoms with Crippen molar-refractivity contribution in [2.45, 2.75) is 0 Å². The largest absolute Gasteiger partial charge is 0.493 e. The van der Waals surface area contributed by atoms with Crippen LogP contribution in [0.2, 0.25) is 0 Å². The number of aliphatic hydroxyl groups is 2. The lowest BCUT2D eigenvalue weighted by Crippen LogP contribution is -2.19. The van der Waals surface area contributed by atoms with Gasteiger partial charge in [0.05, 0.1) is 35.8 Å². The number of amidine groups is 2. The minimum absolute atomic E-state index is 0.0872. The van der Waals surface area contributed by atoms with Crippen molar-refractivity contribution in [1.82, 2.24) is 10.6 Å². The maximum Gasteiger partial charge on any atom is 0.218 e. The Morgan fingerprint density at radius 2 is 0.857 bits per heavy atom. The summed E-state index contributed by atoms with van der Waals surface area (Å²) in [5, 5.41) is 36.0. The number of hydrogen-bond donors (Lipinski definition) is 4. The predicted octanol–water partition coefficient (Wildman–Crippen LogP) is 6.07. The number of rotatable bonds is 8. The zero-order chi connectivity index (χ0) is 28.7. The fraction of sp³-hybridized carbons (Fsp3) is 0.125. The highest BCUT2D eigenvalue weighted by atomic mass is 16.3. The first-order valence-corrected chi connectivity index (χ1v) is 13.6. The summed E-state index contributed by atoms with van der Waals surface area (Å²) in [6, 6.07) is 29.0. The summed E-state index contributed by atoms with van der Waals surface area (Å²) >= 11 is 0. The third kappa shape index (κ3) is 6.39. The highest BCUT2D eigenvalue weighted by molar-refractivity contribution is 6.01. The van der Waals surface area contributed by atoms with Crippen molar-refractivity contribution < 1.29 is 10.2 Å². The maximum atomic E-state index is 10.5. The Morgan fingerprint density at radius 1 is 0.500 bits per heavy atom. The monoisotopic (exact) mass is 556 g/mol. The van der Waals surface area contributed by atoms with Crippen molar-refractivity contribution in [2.24, 2.45) is 30.2 Å². The van der Waals surface area contributed by atoms with Crippen LogP contribution in [-0.2, 0) is 0 Å². The van der Waals surface area contributed by atoms with Crippen LogP contribution in [0.3, 0.4) is 0 Å². The molecule has 0 unspecified atom stereocenters. The summed E-state index contributed by atoms with van der Waals surface area (Å²) in [6.07, 6.45) is 0. The molecule has 10 nitrogen and oxygen atoms in total. The van der Waals surface area contributed by atoms with Crippen molar-refractivity contribution in [3.63, 3.8) is 0 Å². The molecule has 42 heavy (non-hydrogen) atoms. The van der Waals surface area contributed by atoms with Gasteiger partial charge in [-0.05, 0) is 97.1 Å². The van der Waals surface area contributed by atoms with Crippen LogP contribution in [-0.4, -0.2) is 59.9 Å². The van der Waals surface area contributed by atoms with Gasteiger partial charge in [-0.15, -0.1) is 0 Å². The second-order valence-corrected chi connectivity index (χ2v) is 9.57. The number of hydrogen-bond acceptors (Lipinski definition) is 8. The molecule has 0 radical (unpaired) electrons. The van der Waals surface area contributed by atoms with Crippen LogP contribution in [0.25, 0.3) is 0 Å². The molecule has 0 atom stereocenters. The van der Waals surface area contributed by atoms with Crippen molar-refractivity contribution in [1.29, 1.82) is 0 Å². The summed E-state index contributed by atoms with van der Waals surface area (Å²) in [7, 11) is 0. The lowest BCUT2D eigenvalue weighted by molar-refractivity contribution is 0.554. The molecule has 2 aliphatic heterocycles. The molecule has 0 saturated carbocycles. The Balaban J connectivity index is 1.06. The van der Waals surface area contributed by atoms with E-state index in [0.29, 0.717) is 33.9 Å². The van der Waals surface area contributed by atoms with E-state index in [0.717, 1.165) is 49.0 Å². The molecule has 0 aliphatic carbocycles. The minimum atomic E-state index is -0.0872. The standard InChI is InChI=1S/C32H28N8O2/c41-31(37-25-9-1-21(2-10-25)29-33-17-18-34-29)23-5-13-27(14-6-23)39-40-28-15-7-24(8-16-28)32(42)38-26-11-3-22(4-12-26)30-35-19-20-36-30/h1-16H,17-20H2,(H,33,34)(H,35,36)(H,37,41)(H,38,42). The Bertz CT molecular complexity index is 1580. The minimum Gasteiger partial charge on any atom is -0.493 e. The lowest BCUT2D eigenvalue weighted by Gasteiger charge is -2.04. The molecule has 0 spiro atoms. The van der Waals surface area contributed by atoms with E-state index in [1.807, 2.05) is 48.5 Å². The van der Waals surface area contributed by atoms with Crippen LogP contribution in [0.15, 0.2) is 127 Å². The van der Waals surface area contributed by atoms with E-state index in [4.69, 9.17) is 0 Å². The lowest BCUT2D eigenvalue weighted by atomic mass is 10.2. The van der Waals surface area contributed by atoms with Gasteiger partial charge in [0.15, 0.2) is 0 Å². The zero-order valence-corrected chi connectivity index (χ0v) is 22.6. The van der Waals surface area contributed by atoms with Crippen LogP contribution in [0.5, 0.6) is 0 Å². The van der Waals surface area contributed by atoms with Crippen molar-refractivity contribution in [2.75, 3.05) is 26.2 Å². The molecular formula is C32H28N8O2. The second kappa shape index (κ2) is 12.3. The number of nitrogens with one attached hydrogen (secondary N) is 2. The predicted molar refractivity (Wildman–Crippen MR) is 166 cm³/mol. The van der Waals surface area contributed by atoms with E-state index in [1.54, 1.807) is 48.5 Å². The summed E-state index contributed by atoms with van der Waals surface area (Å²) < 4.78 is 0. The fourth-order valence-electron chi connectivity index (χ4n) is 4.41. The van der Waals surface area contributed by atoms with E-state index >= 15 is 0 Å². The number of benzene rings is 4. The van der Waals surface area contributed by atoms with Crippen LogP contribution < -0.4 is 10.6 Å². The first-order valence-electron chi connectivity index (χ1n) is 13.6. The molecule has 0 saturated heterocycles. The number of aliphatic hydroxyl groups excluding tert-OH is 2. The molecule has 0 amide bonds. The molecule has 4 aromatic carbocycles. The van der Waals surface area contributed by atoms with Gasteiger partial charge in [-0.25, -0.2) is 9.98 Å². The maximum absolute atomic E-state index is 10.5. The molecule has 4 N–H and O–H groups in total. The van der Waals surface area contributed by atoms with Gasteiger partial charge in [-0.2, -0.15) is 10.2 Å². The van der Waals surface area contributed by atoms with Gasteiger partial charge in [0.2, 0.25) is 11.8 Å². The van der Waals surface area contributed by atoms with E-state index in [-0.39, 0.29) is 11.8 Å². The van der Waals surface area contributed by atoms with Gasteiger partial charge >= 0.3 is 0 Å². The van der Waals surface area contributed by atoms with Crippen molar-refractivity contribution in [3.8, 4) is 0 Å². The van der Waals surface area contributed by atoms with E-state index in [9.17, 15) is 10.2 Å². The first-order chi connectivity index (χ1) is 20.6. The van der Waals surface area contributed by atoms with Crippen LogP contribution in [0.4, 0.5) is 22.7 Å². The van der Waals surface area contributed by atoms with Crippen LogP contribution in [0, 0.1) is 0 Å². The first kappa shape index (κ1) is 26.6. The normalized spacial score (nSPS) is 15.3. The van der Waals surface area contributed by atoms with Crippen molar-refractivity contribution in [3.05, 3.63) is 119 Å². The molecular weight excluding hydrogens is 528 g/mol. The van der Waals surface area contributed by atoms with Gasteiger partial charge in [0.1, 0.15) is 11.7 Å². The Morgan fingerprint density at radius 3 is 1.19 bits per heavy atom. The molecule has 0 aromatic heterocycles. The average molecular weight is 557 g/mol. The van der Waals surface area contributed by atoms with Gasteiger partial charge in [-0.1, -0.05) is 0 Å². The molecule has 4 aromatic rings. The Labute approximate surface area is 242 Å². The van der Waals surface area contributed by atoms with Gasteiger partial charge in [0, 0.05) is 35.3 Å². The van der Waals surface area contributed by atoms with E-state index < -0.39 is 0 Å². The van der Waals surface area contributed by atoms with Gasteiger partial charge in [-0.3, -0.25) is 9.98 Å². The van der Waals surface area contributed by atoms with E-state index in [2.05, 4.69) is 40.8 Å². The van der Waals surface area contributed by atoms with Crippen LogP contribution >= 0.6 is 0 Å². The van der Waals surface area contributed by atoms with Gasteiger partial charge < -0.3 is 20.8 Å². The smallest absolute Gasteiger partial charge is 0.218 e.